The van der Waals surface area contributed by atoms with Gasteiger partial charge in [-0.1, -0.05) is 24.3 Å². The summed E-state index contributed by atoms with van der Waals surface area (Å²) in [6.07, 6.45) is 15.8. The monoisotopic (exact) mass is 362 g/mol. The van der Waals surface area contributed by atoms with Crippen molar-refractivity contribution in [2.24, 2.45) is 17.8 Å². The number of furan rings is 2. The third kappa shape index (κ3) is 2.13. The van der Waals surface area contributed by atoms with Crippen molar-refractivity contribution in [1.82, 2.24) is 0 Å². The predicted octanol–water partition coefficient (Wildman–Crippen LogP) is 4.54. The molecular formula is C23H22O4. The fourth-order valence-corrected chi connectivity index (χ4v) is 5.93. The Morgan fingerprint density at radius 1 is 0.889 bits per heavy atom. The Morgan fingerprint density at radius 2 is 1.52 bits per heavy atom. The van der Waals surface area contributed by atoms with E-state index in [0.717, 1.165) is 37.2 Å². The van der Waals surface area contributed by atoms with Crippen LogP contribution in [0.15, 0.2) is 69.9 Å². The number of hydrogen-bond acceptors (Lipinski definition) is 4. The van der Waals surface area contributed by atoms with Crippen molar-refractivity contribution in [3.8, 4) is 0 Å². The van der Waals surface area contributed by atoms with Crippen LogP contribution in [0, 0.1) is 17.8 Å². The molecule has 4 aliphatic rings. The summed E-state index contributed by atoms with van der Waals surface area (Å²) in [6.45, 7) is 0. The highest BCUT2D eigenvalue weighted by molar-refractivity contribution is 5.75. The number of rotatable bonds is 4. The van der Waals surface area contributed by atoms with Gasteiger partial charge in [0.2, 0.25) is 0 Å². The van der Waals surface area contributed by atoms with Crippen molar-refractivity contribution in [2.75, 3.05) is 0 Å². The topological polar surface area (TPSA) is 52.6 Å². The highest BCUT2D eigenvalue weighted by Gasteiger charge is 2.55. The average molecular weight is 362 g/mol. The number of allylic oxidation sites excluding steroid dienone is 3. The van der Waals surface area contributed by atoms with Gasteiger partial charge in [-0.05, 0) is 49.4 Å². The molecule has 2 aromatic heterocycles. The Hall–Kier alpha value is -2.49. The minimum atomic E-state index is -0.123. The number of fused-ring (bicyclic) bond motifs is 4. The lowest BCUT2D eigenvalue weighted by Gasteiger charge is -2.27. The number of hydrogen-bond donors (Lipinski definition) is 0. The second-order valence-electron chi connectivity index (χ2n) is 8.71. The van der Waals surface area contributed by atoms with E-state index in [1.54, 1.807) is 12.5 Å². The fraction of sp³-hybridized carbons (Fsp3) is 0.435. The summed E-state index contributed by atoms with van der Waals surface area (Å²) in [6, 6.07) is 7.91. The molecule has 0 aliphatic heterocycles. The maximum atomic E-state index is 13.0. The van der Waals surface area contributed by atoms with Crippen molar-refractivity contribution >= 4 is 5.97 Å². The molecule has 6 atom stereocenters. The first-order valence-electron chi connectivity index (χ1n) is 9.85. The number of carbonyl (C=O) groups is 1. The molecule has 4 nitrogen and oxygen atoms in total. The van der Waals surface area contributed by atoms with Crippen molar-refractivity contribution in [1.29, 1.82) is 0 Å². The molecule has 2 heterocycles. The lowest BCUT2D eigenvalue weighted by atomic mass is 9.82. The first kappa shape index (κ1) is 15.6. The fourth-order valence-electron chi connectivity index (χ4n) is 5.93. The maximum Gasteiger partial charge on any atom is 0.309 e. The second-order valence-corrected chi connectivity index (χ2v) is 8.71. The maximum absolute atomic E-state index is 13.0. The summed E-state index contributed by atoms with van der Waals surface area (Å²) in [7, 11) is 0. The Kier molecular flexibility index (Phi) is 3.04. The summed E-state index contributed by atoms with van der Waals surface area (Å²) in [5.41, 5.74) is -0.217. The molecular weight excluding hydrogens is 340 g/mol. The van der Waals surface area contributed by atoms with Gasteiger partial charge in [0.15, 0.2) is 0 Å². The number of ether oxygens (including phenoxy) is 1. The first-order valence-corrected chi connectivity index (χ1v) is 9.85. The summed E-state index contributed by atoms with van der Waals surface area (Å²) in [5.74, 6) is 2.40. The van der Waals surface area contributed by atoms with E-state index in [0.29, 0.717) is 5.92 Å². The molecule has 2 aromatic rings. The van der Waals surface area contributed by atoms with E-state index in [2.05, 4.69) is 24.3 Å². The molecule has 0 saturated heterocycles. The van der Waals surface area contributed by atoms with E-state index in [-0.39, 0.29) is 34.7 Å². The molecule has 0 N–H and O–H groups in total. The van der Waals surface area contributed by atoms with E-state index in [1.165, 1.54) is 0 Å². The molecule has 6 rings (SSSR count). The zero-order valence-corrected chi connectivity index (χ0v) is 15.0. The van der Waals surface area contributed by atoms with Crippen molar-refractivity contribution in [3.63, 3.8) is 0 Å². The third-order valence-corrected chi connectivity index (χ3v) is 7.26. The predicted molar refractivity (Wildman–Crippen MR) is 97.9 cm³/mol. The van der Waals surface area contributed by atoms with E-state index < -0.39 is 0 Å². The van der Waals surface area contributed by atoms with E-state index in [9.17, 15) is 4.79 Å². The highest BCUT2D eigenvalue weighted by atomic mass is 16.5. The van der Waals surface area contributed by atoms with Gasteiger partial charge < -0.3 is 13.6 Å². The third-order valence-electron chi connectivity index (χ3n) is 7.26. The second kappa shape index (κ2) is 5.28. The minimum Gasteiger partial charge on any atom is -0.468 e. The Balaban J connectivity index is 1.18. The summed E-state index contributed by atoms with van der Waals surface area (Å²) >= 11 is 0. The van der Waals surface area contributed by atoms with Crippen molar-refractivity contribution in [2.45, 2.75) is 42.6 Å². The van der Waals surface area contributed by atoms with Gasteiger partial charge in [-0.2, -0.15) is 0 Å². The summed E-state index contributed by atoms with van der Waals surface area (Å²) in [5, 5.41) is 0. The normalized spacial score (nSPS) is 40.9. The highest BCUT2D eigenvalue weighted by Crippen LogP contribution is 2.56. The lowest BCUT2D eigenvalue weighted by molar-refractivity contribution is -0.156. The molecule has 2 saturated carbocycles. The van der Waals surface area contributed by atoms with Crippen LogP contribution < -0.4 is 0 Å². The first-order chi connectivity index (χ1) is 13.2. The van der Waals surface area contributed by atoms with E-state index >= 15 is 0 Å². The Bertz CT molecular complexity index is 922. The van der Waals surface area contributed by atoms with Crippen LogP contribution in [-0.4, -0.2) is 12.1 Å². The van der Waals surface area contributed by atoms with E-state index in [4.69, 9.17) is 13.6 Å². The number of carbonyl (C=O) groups excluding carboxylic acids is 1. The van der Waals surface area contributed by atoms with Crippen LogP contribution in [0.4, 0.5) is 0 Å². The van der Waals surface area contributed by atoms with E-state index in [1.807, 2.05) is 24.3 Å². The molecule has 138 valence electrons. The minimum absolute atomic E-state index is 0.0432. The Morgan fingerprint density at radius 3 is 2.19 bits per heavy atom. The van der Waals surface area contributed by atoms with Crippen LogP contribution in [0.2, 0.25) is 0 Å². The molecule has 0 radical (unpaired) electrons. The molecule has 27 heavy (non-hydrogen) atoms. The van der Waals surface area contributed by atoms with Crippen LogP contribution in [0.5, 0.6) is 0 Å². The average Bonchev–Trinajstić information content (AvgIpc) is 3.51. The summed E-state index contributed by atoms with van der Waals surface area (Å²) in [4.78, 5) is 13.0. The van der Waals surface area contributed by atoms with Gasteiger partial charge in [0.1, 0.15) is 17.6 Å². The van der Waals surface area contributed by atoms with Gasteiger partial charge in [-0.3, -0.25) is 4.79 Å². The van der Waals surface area contributed by atoms with Gasteiger partial charge >= 0.3 is 5.97 Å². The zero-order chi connectivity index (χ0) is 18.1. The van der Waals surface area contributed by atoms with Crippen LogP contribution in [0.1, 0.15) is 37.2 Å². The molecule has 0 amide bonds. The Labute approximate surface area is 157 Å². The van der Waals surface area contributed by atoms with Gasteiger partial charge in [-0.25, -0.2) is 0 Å². The largest absolute Gasteiger partial charge is 0.468 e. The smallest absolute Gasteiger partial charge is 0.309 e. The van der Waals surface area contributed by atoms with Gasteiger partial charge in [0, 0.05) is 17.8 Å². The quantitative estimate of drug-likeness (QED) is 0.592. The molecule has 4 aliphatic carbocycles. The SMILES string of the molecule is O=C(OC1CC2(c3ccco3)C=CC1C2)C1CC2(c3ccco3)C=CC1C2. The lowest BCUT2D eigenvalue weighted by Crippen LogP contribution is -2.31. The molecule has 4 heteroatoms. The van der Waals surface area contributed by atoms with Gasteiger partial charge in [-0.15, -0.1) is 0 Å². The van der Waals surface area contributed by atoms with Crippen molar-refractivity contribution in [3.05, 3.63) is 72.6 Å². The summed E-state index contributed by atoms with van der Waals surface area (Å²) < 4.78 is 17.4. The molecule has 4 bridgehead atoms. The van der Waals surface area contributed by atoms with Crippen LogP contribution in [0.25, 0.3) is 0 Å². The zero-order valence-electron chi connectivity index (χ0n) is 15.0. The van der Waals surface area contributed by atoms with Gasteiger partial charge in [0.25, 0.3) is 0 Å². The van der Waals surface area contributed by atoms with Crippen LogP contribution in [-0.2, 0) is 20.4 Å². The number of esters is 1. The molecule has 0 spiro atoms. The molecule has 0 aromatic carbocycles. The van der Waals surface area contributed by atoms with Crippen LogP contribution in [0.3, 0.4) is 0 Å². The molecule has 2 fully saturated rings. The van der Waals surface area contributed by atoms with Gasteiger partial charge in [0.05, 0.1) is 23.9 Å². The van der Waals surface area contributed by atoms with Crippen LogP contribution >= 0.6 is 0 Å². The van der Waals surface area contributed by atoms with Crippen molar-refractivity contribution < 1.29 is 18.4 Å². The standard InChI is InChI=1S/C23H22O4/c24-21(17-13-22(7-5-15(17)11-22)19-3-1-9-25-19)27-18-14-23(8-6-16(18)12-23)20-4-2-10-26-20/h1-10,15-18H,11-14H2. The molecule has 6 unspecified atom stereocenters.